The Hall–Kier alpha value is -0.480. The molecular formula is C10H13Cl2NO2. The molecule has 0 saturated heterocycles. The number of ether oxygens (including phenoxy) is 1. The van der Waals surface area contributed by atoms with Gasteiger partial charge >= 0.3 is 0 Å². The Morgan fingerprint density at radius 1 is 1.40 bits per heavy atom. The number of methoxy groups -OCH3 is 1. The van der Waals surface area contributed by atoms with Crippen molar-refractivity contribution in [1.29, 1.82) is 0 Å². The summed E-state index contributed by atoms with van der Waals surface area (Å²) in [4.78, 5) is 0. The first-order valence-electron chi connectivity index (χ1n) is 4.44. The number of aliphatic hydroxyl groups excluding tert-OH is 1. The number of halogens is 2. The Bertz CT molecular complexity index is 356. The summed E-state index contributed by atoms with van der Waals surface area (Å²) >= 11 is 11.8. The first-order valence-corrected chi connectivity index (χ1v) is 5.19. The van der Waals surface area contributed by atoms with Gasteiger partial charge in [-0.15, -0.1) is 0 Å². The zero-order valence-corrected chi connectivity index (χ0v) is 10.0. The maximum atomic E-state index is 9.80. The van der Waals surface area contributed by atoms with Crippen molar-refractivity contribution < 1.29 is 9.84 Å². The molecule has 0 spiro atoms. The normalized spacial score (nSPS) is 14.8. The van der Waals surface area contributed by atoms with Gasteiger partial charge in [0.05, 0.1) is 23.3 Å². The highest BCUT2D eigenvalue weighted by Gasteiger charge is 2.18. The number of benzene rings is 1. The summed E-state index contributed by atoms with van der Waals surface area (Å²) in [6.07, 6.45) is -0.856. The summed E-state index contributed by atoms with van der Waals surface area (Å²) in [5.74, 6) is 0.541. The molecule has 0 amide bonds. The minimum atomic E-state index is -0.856. The monoisotopic (exact) mass is 249 g/mol. The molecule has 15 heavy (non-hydrogen) atoms. The summed E-state index contributed by atoms with van der Waals surface area (Å²) in [6, 6.07) is 2.79. The predicted octanol–water partition coefficient (Wildman–Crippen LogP) is 2.38. The van der Waals surface area contributed by atoms with Crippen molar-refractivity contribution in [3.8, 4) is 5.75 Å². The van der Waals surface area contributed by atoms with Gasteiger partial charge in [0.2, 0.25) is 0 Å². The van der Waals surface area contributed by atoms with Crippen LogP contribution >= 0.6 is 23.2 Å². The van der Waals surface area contributed by atoms with Gasteiger partial charge < -0.3 is 15.6 Å². The van der Waals surface area contributed by atoms with Crippen molar-refractivity contribution in [2.75, 3.05) is 7.11 Å². The van der Waals surface area contributed by atoms with E-state index in [1.807, 2.05) is 0 Å². The van der Waals surface area contributed by atoms with Crippen molar-refractivity contribution in [2.24, 2.45) is 5.73 Å². The van der Waals surface area contributed by atoms with Crippen molar-refractivity contribution in [2.45, 2.75) is 19.1 Å². The number of hydrogen-bond donors (Lipinski definition) is 2. The van der Waals surface area contributed by atoms with Crippen molar-refractivity contribution in [3.05, 3.63) is 27.7 Å². The predicted molar refractivity (Wildman–Crippen MR) is 61.6 cm³/mol. The van der Waals surface area contributed by atoms with Crippen LogP contribution in [0.3, 0.4) is 0 Å². The SMILES string of the molecule is COc1cc(Cl)c(Cl)c([C@@H](O)[C@H](C)N)c1. The summed E-state index contributed by atoms with van der Waals surface area (Å²) in [5.41, 5.74) is 6.07. The Kier molecular flexibility index (Phi) is 4.22. The molecule has 0 radical (unpaired) electrons. The van der Waals surface area contributed by atoms with E-state index in [1.54, 1.807) is 19.1 Å². The summed E-state index contributed by atoms with van der Waals surface area (Å²) in [6.45, 7) is 1.69. The van der Waals surface area contributed by atoms with Crippen LogP contribution in [0.4, 0.5) is 0 Å². The third-order valence-electron chi connectivity index (χ3n) is 2.08. The van der Waals surface area contributed by atoms with Crippen molar-refractivity contribution in [3.63, 3.8) is 0 Å². The smallest absolute Gasteiger partial charge is 0.120 e. The van der Waals surface area contributed by atoms with Gasteiger partial charge in [0.25, 0.3) is 0 Å². The third-order valence-corrected chi connectivity index (χ3v) is 2.90. The van der Waals surface area contributed by atoms with Crippen molar-refractivity contribution >= 4 is 23.2 Å². The van der Waals surface area contributed by atoms with Gasteiger partial charge in [-0.2, -0.15) is 0 Å². The van der Waals surface area contributed by atoms with Crippen LogP contribution in [0.2, 0.25) is 10.0 Å². The number of nitrogens with two attached hydrogens (primary N) is 1. The Morgan fingerprint density at radius 2 is 2.00 bits per heavy atom. The summed E-state index contributed by atoms with van der Waals surface area (Å²) in [5, 5.41) is 10.4. The molecule has 2 atom stereocenters. The average molecular weight is 250 g/mol. The van der Waals surface area contributed by atoms with Gasteiger partial charge in [-0.25, -0.2) is 0 Å². The molecule has 0 aliphatic heterocycles. The van der Waals surface area contributed by atoms with E-state index in [2.05, 4.69) is 0 Å². The molecule has 3 N–H and O–H groups in total. The molecule has 0 heterocycles. The van der Waals surface area contributed by atoms with Gasteiger partial charge in [0.1, 0.15) is 5.75 Å². The van der Waals surface area contributed by atoms with Crippen LogP contribution in [0.25, 0.3) is 0 Å². The Labute approximate surface area is 98.7 Å². The molecule has 1 aromatic rings. The van der Waals surface area contributed by atoms with Gasteiger partial charge in [-0.1, -0.05) is 23.2 Å². The molecule has 0 unspecified atom stereocenters. The Balaban J connectivity index is 3.21. The third kappa shape index (κ3) is 2.75. The molecule has 0 aliphatic rings. The zero-order chi connectivity index (χ0) is 11.6. The highest BCUT2D eigenvalue weighted by molar-refractivity contribution is 6.42. The van der Waals surface area contributed by atoms with E-state index in [4.69, 9.17) is 33.7 Å². The van der Waals surface area contributed by atoms with Crippen LogP contribution in [0.15, 0.2) is 12.1 Å². The van der Waals surface area contributed by atoms with Gasteiger partial charge in [0.15, 0.2) is 0 Å². The van der Waals surface area contributed by atoms with Crippen LogP contribution in [-0.4, -0.2) is 18.3 Å². The lowest BCUT2D eigenvalue weighted by Crippen LogP contribution is -2.24. The number of rotatable bonds is 3. The highest BCUT2D eigenvalue weighted by atomic mass is 35.5. The number of hydrogen-bond acceptors (Lipinski definition) is 3. The molecule has 3 nitrogen and oxygen atoms in total. The minimum Gasteiger partial charge on any atom is -0.497 e. The quantitative estimate of drug-likeness (QED) is 0.865. The molecule has 0 saturated carbocycles. The molecular weight excluding hydrogens is 237 g/mol. The molecule has 0 bridgehead atoms. The van der Waals surface area contributed by atoms with Crippen LogP contribution in [-0.2, 0) is 0 Å². The largest absolute Gasteiger partial charge is 0.497 e. The van der Waals surface area contributed by atoms with Crippen LogP contribution in [0.5, 0.6) is 5.75 Å². The van der Waals surface area contributed by atoms with E-state index in [-0.39, 0.29) is 0 Å². The summed E-state index contributed by atoms with van der Waals surface area (Å²) < 4.78 is 5.03. The van der Waals surface area contributed by atoms with Gasteiger partial charge in [0, 0.05) is 17.7 Å². The van der Waals surface area contributed by atoms with E-state index < -0.39 is 12.1 Å². The lowest BCUT2D eigenvalue weighted by Gasteiger charge is -2.17. The summed E-state index contributed by atoms with van der Waals surface area (Å²) in [7, 11) is 1.52. The fraction of sp³-hybridized carbons (Fsp3) is 0.400. The first kappa shape index (κ1) is 12.6. The lowest BCUT2D eigenvalue weighted by molar-refractivity contribution is 0.153. The van der Waals surface area contributed by atoms with Crippen molar-refractivity contribution in [1.82, 2.24) is 0 Å². The fourth-order valence-corrected chi connectivity index (χ4v) is 1.64. The van der Waals surface area contributed by atoms with Crippen LogP contribution in [0.1, 0.15) is 18.6 Å². The Morgan fingerprint density at radius 3 is 2.47 bits per heavy atom. The average Bonchev–Trinajstić information content (AvgIpc) is 2.20. The van der Waals surface area contributed by atoms with Crippen LogP contribution in [0, 0.1) is 0 Å². The maximum absolute atomic E-state index is 9.80. The van der Waals surface area contributed by atoms with Gasteiger partial charge in [-0.05, 0) is 13.0 Å². The zero-order valence-electron chi connectivity index (χ0n) is 8.50. The highest BCUT2D eigenvalue weighted by Crippen LogP contribution is 2.35. The topological polar surface area (TPSA) is 55.5 Å². The molecule has 0 fully saturated rings. The molecule has 0 aromatic heterocycles. The lowest BCUT2D eigenvalue weighted by atomic mass is 10.0. The second kappa shape index (κ2) is 5.03. The molecule has 0 aliphatic carbocycles. The minimum absolute atomic E-state index is 0.308. The van der Waals surface area contributed by atoms with E-state index >= 15 is 0 Å². The van der Waals surface area contributed by atoms with Crippen LogP contribution < -0.4 is 10.5 Å². The molecule has 1 rings (SSSR count). The first-order chi connectivity index (χ1) is 6.97. The second-order valence-electron chi connectivity index (χ2n) is 3.32. The van der Waals surface area contributed by atoms with E-state index in [9.17, 15) is 5.11 Å². The molecule has 84 valence electrons. The fourth-order valence-electron chi connectivity index (χ4n) is 1.20. The number of aliphatic hydroxyl groups is 1. The van der Waals surface area contributed by atoms with E-state index in [0.29, 0.717) is 21.4 Å². The van der Waals surface area contributed by atoms with E-state index in [0.717, 1.165) is 0 Å². The molecule has 1 aromatic carbocycles. The maximum Gasteiger partial charge on any atom is 0.120 e. The molecule has 5 heteroatoms. The second-order valence-corrected chi connectivity index (χ2v) is 4.10. The van der Waals surface area contributed by atoms with Gasteiger partial charge in [-0.3, -0.25) is 0 Å². The van der Waals surface area contributed by atoms with E-state index in [1.165, 1.54) is 7.11 Å². The standard InChI is InChI=1S/C10H13Cl2NO2/c1-5(13)10(14)7-3-6(15-2)4-8(11)9(7)12/h3-5,10,14H,13H2,1-2H3/t5-,10-/m0/s1.